The summed E-state index contributed by atoms with van der Waals surface area (Å²) in [5.74, 6) is 2.90. The molecule has 0 aromatic heterocycles. The van der Waals surface area contributed by atoms with Gasteiger partial charge in [-0.15, -0.1) is 0 Å². The summed E-state index contributed by atoms with van der Waals surface area (Å²) in [5.41, 5.74) is 0.638. The largest absolute Gasteiger partial charge is 0.489 e. The Labute approximate surface area is 107 Å². The van der Waals surface area contributed by atoms with E-state index in [4.69, 9.17) is 9.47 Å². The molecule has 2 fully saturated rings. The van der Waals surface area contributed by atoms with Gasteiger partial charge in [0.25, 0.3) is 0 Å². The van der Waals surface area contributed by atoms with E-state index in [1.54, 1.807) is 12.1 Å². The van der Waals surface area contributed by atoms with Crippen LogP contribution in [0.25, 0.3) is 0 Å². The minimum Gasteiger partial charge on any atom is -0.489 e. The number of rotatable bonds is 7. The summed E-state index contributed by atoms with van der Waals surface area (Å²) in [7, 11) is 0. The predicted octanol–water partition coefficient (Wildman–Crippen LogP) is 3.08. The van der Waals surface area contributed by atoms with Crippen LogP contribution in [0.5, 0.6) is 11.5 Å². The molecule has 2 saturated carbocycles. The summed E-state index contributed by atoms with van der Waals surface area (Å²) in [4.78, 5) is 10.8. The fourth-order valence-electron chi connectivity index (χ4n) is 1.81. The number of hydrogen-bond donors (Lipinski definition) is 0. The maximum Gasteiger partial charge on any atom is 0.161 e. The van der Waals surface area contributed by atoms with Gasteiger partial charge in [0.15, 0.2) is 11.5 Å². The van der Waals surface area contributed by atoms with Crippen LogP contribution in [0.4, 0.5) is 0 Å². The van der Waals surface area contributed by atoms with E-state index in [1.165, 1.54) is 25.7 Å². The molecule has 18 heavy (non-hydrogen) atoms. The molecule has 3 heteroatoms. The summed E-state index contributed by atoms with van der Waals surface area (Å²) in [6, 6.07) is 5.39. The minimum absolute atomic E-state index is 0.638. The molecule has 3 rings (SSSR count). The topological polar surface area (TPSA) is 35.5 Å². The summed E-state index contributed by atoms with van der Waals surface area (Å²) in [6.45, 7) is 1.50. The smallest absolute Gasteiger partial charge is 0.161 e. The van der Waals surface area contributed by atoms with Crippen molar-refractivity contribution >= 4 is 6.29 Å². The van der Waals surface area contributed by atoms with Gasteiger partial charge in [-0.3, -0.25) is 4.79 Å². The molecule has 1 aromatic carbocycles. The van der Waals surface area contributed by atoms with E-state index in [-0.39, 0.29) is 0 Å². The van der Waals surface area contributed by atoms with Crippen molar-refractivity contribution in [2.24, 2.45) is 11.8 Å². The van der Waals surface area contributed by atoms with Gasteiger partial charge < -0.3 is 9.47 Å². The lowest BCUT2D eigenvalue weighted by Gasteiger charge is -2.12. The van der Waals surface area contributed by atoms with Crippen molar-refractivity contribution < 1.29 is 14.3 Å². The van der Waals surface area contributed by atoms with Gasteiger partial charge in [0.1, 0.15) is 6.29 Å². The zero-order chi connectivity index (χ0) is 12.4. The normalized spacial score (nSPS) is 18.4. The van der Waals surface area contributed by atoms with E-state index in [1.807, 2.05) is 6.07 Å². The molecular formula is C15H18O3. The summed E-state index contributed by atoms with van der Waals surface area (Å²) < 4.78 is 11.5. The molecule has 1 aromatic rings. The van der Waals surface area contributed by atoms with Crippen molar-refractivity contribution in [1.82, 2.24) is 0 Å². The second-order valence-corrected chi connectivity index (χ2v) is 5.33. The van der Waals surface area contributed by atoms with Gasteiger partial charge in [-0.25, -0.2) is 0 Å². The third-order valence-corrected chi connectivity index (χ3v) is 3.45. The first kappa shape index (κ1) is 11.6. The Morgan fingerprint density at radius 2 is 1.61 bits per heavy atom. The standard InChI is InChI=1S/C15H18O3/c16-8-13-5-6-14(17-9-11-1-2-11)15(7-13)18-10-12-3-4-12/h5-8,11-12H,1-4,9-10H2. The highest BCUT2D eigenvalue weighted by Gasteiger charge is 2.24. The first-order valence-corrected chi connectivity index (χ1v) is 6.70. The van der Waals surface area contributed by atoms with Gasteiger partial charge >= 0.3 is 0 Å². The van der Waals surface area contributed by atoms with Crippen LogP contribution in [-0.4, -0.2) is 19.5 Å². The van der Waals surface area contributed by atoms with E-state index in [2.05, 4.69) is 0 Å². The zero-order valence-corrected chi connectivity index (χ0v) is 10.4. The second-order valence-electron chi connectivity index (χ2n) is 5.33. The molecule has 0 heterocycles. The van der Waals surface area contributed by atoms with Crippen molar-refractivity contribution in [3.8, 4) is 11.5 Å². The number of benzene rings is 1. The quantitative estimate of drug-likeness (QED) is 0.693. The molecule has 3 nitrogen and oxygen atoms in total. The Hall–Kier alpha value is -1.51. The SMILES string of the molecule is O=Cc1ccc(OCC2CC2)c(OCC2CC2)c1. The van der Waals surface area contributed by atoms with Gasteiger partial charge in [-0.2, -0.15) is 0 Å². The number of carbonyl (C=O) groups is 1. The summed E-state index contributed by atoms with van der Waals surface area (Å²) in [5, 5.41) is 0. The maximum atomic E-state index is 10.8. The number of carbonyl (C=O) groups excluding carboxylic acids is 1. The third-order valence-electron chi connectivity index (χ3n) is 3.45. The van der Waals surface area contributed by atoms with Gasteiger partial charge in [0, 0.05) is 5.56 Å². The van der Waals surface area contributed by atoms with Crippen LogP contribution in [0.1, 0.15) is 36.0 Å². The van der Waals surface area contributed by atoms with Crippen molar-refractivity contribution in [2.75, 3.05) is 13.2 Å². The fourth-order valence-corrected chi connectivity index (χ4v) is 1.81. The monoisotopic (exact) mass is 246 g/mol. The van der Waals surface area contributed by atoms with Crippen LogP contribution in [0, 0.1) is 11.8 Å². The van der Waals surface area contributed by atoms with Gasteiger partial charge in [0.2, 0.25) is 0 Å². The molecule has 0 amide bonds. The Balaban J connectivity index is 1.68. The van der Waals surface area contributed by atoms with Crippen LogP contribution in [0.15, 0.2) is 18.2 Å². The first-order valence-electron chi connectivity index (χ1n) is 6.70. The fraction of sp³-hybridized carbons (Fsp3) is 0.533. The van der Waals surface area contributed by atoms with Crippen LogP contribution in [0.2, 0.25) is 0 Å². The molecule has 0 bridgehead atoms. The number of hydrogen-bond acceptors (Lipinski definition) is 3. The summed E-state index contributed by atoms with van der Waals surface area (Å²) in [6.07, 6.45) is 5.89. The van der Waals surface area contributed by atoms with Crippen molar-refractivity contribution in [2.45, 2.75) is 25.7 Å². The highest BCUT2D eigenvalue weighted by molar-refractivity contribution is 5.76. The molecule has 0 saturated heterocycles. The van der Waals surface area contributed by atoms with E-state index in [0.29, 0.717) is 23.1 Å². The van der Waals surface area contributed by atoms with E-state index in [9.17, 15) is 4.79 Å². The molecule has 0 unspecified atom stereocenters. The van der Waals surface area contributed by atoms with Crippen molar-refractivity contribution in [3.63, 3.8) is 0 Å². The lowest BCUT2D eigenvalue weighted by atomic mass is 10.2. The minimum atomic E-state index is 0.638. The maximum absolute atomic E-state index is 10.8. The third kappa shape index (κ3) is 3.03. The van der Waals surface area contributed by atoms with Crippen molar-refractivity contribution in [1.29, 1.82) is 0 Å². The molecule has 0 atom stereocenters. The van der Waals surface area contributed by atoms with Gasteiger partial charge in [0.05, 0.1) is 13.2 Å². The van der Waals surface area contributed by atoms with Crippen LogP contribution in [-0.2, 0) is 0 Å². The molecule has 0 spiro atoms. The summed E-state index contributed by atoms with van der Waals surface area (Å²) >= 11 is 0. The number of ether oxygens (including phenoxy) is 2. The zero-order valence-electron chi connectivity index (χ0n) is 10.4. The number of aldehydes is 1. The van der Waals surface area contributed by atoms with Gasteiger partial charge in [-0.05, 0) is 55.7 Å². The van der Waals surface area contributed by atoms with Crippen LogP contribution >= 0.6 is 0 Å². The Morgan fingerprint density at radius 1 is 1.00 bits per heavy atom. The van der Waals surface area contributed by atoms with Crippen molar-refractivity contribution in [3.05, 3.63) is 23.8 Å². The average molecular weight is 246 g/mol. The van der Waals surface area contributed by atoms with Gasteiger partial charge in [-0.1, -0.05) is 0 Å². The molecule has 2 aliphatic carbocycles. The Bertz CT molecular complexity index is 433. The molecule has 0 aliphatic heterocycles. The Kier molecular flexibility index (Phi) is 3.22. The lowest BCUT2D eigenvalue weighted by molar-refractivity contribution is 0.112. The second kappa shape index (κ2) is 5.01. The van der Waals surface area contributed by atoms with Crippen LogP contribution in [0.3, 0.4) is 0 Å². The molecule has 0 radical (unpaired) electrons. The van der Waals surface area contributed by atoms with E-state index < -0.39 is 0 Å². The van der Waals surface area contributed by atoms with E-state index >= 15 is 0 Å². The Morgan fingerprint density at radius 3 is 2.17 bits per heavy atom. The molecule has 2 aliphatic rings. The highest BCUT2D eigenvalue weighted by Crippen LogP contribution is 2.35. The average Bonchev–Trinajstić information content (AvgIpc) is 3.28. The molecular weight excluding hydrogens is 228 g/mol. The highest BCUT2D eigenvalue weighted by atomic mass is 16.5. The first-order chi connectivity index (χ1) is 8.85. The molecule has 96 valence electrons. The predicted molar refractivity (Wildman–Crippen MR) is 68.3 cm³/mol. The van der Waals surface area contributed by atoms with Crippen LogP contribution < -0.4 is 9.47 Å². The van der Waals surface area contributed by atoms with E-state index in [0.717, 1.165) is 25.2 Å². The molecule has 0 N–H and O–H groups in total. The lowest BCUT2D eigenvalue weighted by Crippen LogP contribution is -2.04.